The van der Waals surface area contributed by atoms with Crippen molar-refractivity contribution >= 4 is 11.8 Å². The van der Waals surface area contributed by atoms with Crippen LogP contribution in [0.15, 0.2) is 46.3 Å². The Morgan fingerprint density at radius 1 is 1.38 bits per heavy atom. The number of esters is 1. The van der Waals surface area contributed by atoms with Crippen LogP contribution in [0.3, 0.4) is 0 Å². The first-order chi connectivity index (χ1) is 11.3. The van der Waals surface area contributed by atoms with Gasteiger partial charge in [0.05, 0.1) is 12.2 Å². The largest absolute Gasteiger partial charge is 0.463 e. The lowest BCUT2D eigenvalue weighted by atomic mass is 9.68. The van der Waals surface area contributed by atoms with Gasteiger partial charge in [-0.05, 0) is 32.1 Å². The molecule has 0 saturated heterocycles. The molecule has 1 unspecified atom stereocenters. The molecule has 2 aliphatic carbocycles. The third-order valence-electron chi connectivity index (χ3n) is 4.91. The minimum atomic E-state index is -0.329. The molecule has 4 nitrogen and oxygen atoms in total. The van der Waals surface area contributed by atoms with Crippen molar-refractivity contribution in [2.24, 2.45) is 11.3 Å². The number of ketones is 1. The van der Waals surface area contributed by atoms with Gasteiger partial charge in [-0.25, -0.2) is 4.79 Å². The molecule has 0 fully saturated rings. The number of nitrogens with one attached hydrogen (secondary N) is 1. The standard InChI is InChI=1S/C20H25NO3/c1-5-24-19(23)16-12(2)21-14-10-20(3,4)11-15(22)18(14)17(16)13-8-6-7-9-13/h6-8,17,21H,5,9-11H2,1-4H3. The van der Waals surface area contributed by atoms with Gasteiger partial charge in [0, 0.05) is 29.3 Å². The van der Waals surface area contributed by atoms with E-state index >= 15 is 0 Å². The fourth-order valence-electron chi connectivity index (χ4n) is 3.96. The van der Waals surface area contributed by atoms with Crippen LogP contribution in [-0.2, 0) is 14.3 Å². The van der Waals surface area contributed by atoms with E-state index in [4.69, 9.17) is 4.74 Å². The molecular formula is C20H25NO3. The van der Waals surface area contributed by atoms with Crippen molar-refractivity contribution in [1.29, 1.82) is 0 Å². The minimum Gasteiger partial charge on any atom is -0.463 e. The first-order valence-electron chi connectivity index (χ1n) is 8.61. The molecule has 1 aliphatic heterocycles. The van der Waals surface area contributed by atoms with Crippen LogP contribution in [0.25, 0.3) is 0 Å². The Balaban J connectivity index is 2.10. The van der Waals surface area contributed by atoms with Gasteiger partial charge in [0.15, 0.2) is 5.78 Å². The van der Waals surface area contributed by atoms with Gasteiger partial charge in [-0.1, -0.05) is 37.6 Å². The molecule has 0 aromatic carbocycles. The van der Waals surface area contributed by atoms with Gasteiger partial charge in [-0.3, -0.25) is 4.79 Å². The van der Waals surface area contributed by atoms with E-state index in [2.05, 4.69) is 25.2 Å². The number of ether oxygens (including phenoxy) is 1. The van der Waals surface area contributed by atoms with Gasteiger partial charge in [-0.2, -0.15) is 0 Å². The topological polar surface area (TPSA) is 55.4 Å². The summed E-state index contributed by atoms with van der Waals surface area (Å²) in [4.78, 5) is 25.5. The number of dihydropyridines is 1. The summed E-state index contributed by atoms with van der Waals surface area (Å²) in [5.41, 5.74) is 4.16. The summed E-state index contributed by atoms with van der Waals surface area (Å²) in [6, 6.07) is 0. The summed E-state index contributed by atoms with van der Waals surface area (Å²) >= 11 is 0. The number of rotatable bonds is 3. The molecule has 0 spiro atoms. The van der Waals surface area contributed by atoms with Crippen LogP contribution in [0.4, 0.5) is 0 Å². The Labute approximate surface area is 143 Å². The molecule has 0 amide bonds. The van der Waals surface area contributed by atoms with Crippen LogP contribution in [0.2, 0.25) is 0 Å². The zero-order valence-corrected chi connectivity index (χ0v) is 14.9. The first-order valence-corrected chi connectivity index (χ1v) is 8.61. The highest BCUT2D eigenvalue weighted by Crippen LogP contribution is 2.46. The van der Waals surface area contributed by atoms with E-state index in [9.17, 15) is 9.59 Å². The maximum atomic E-state index is 12.9. The van der Waals surface area contributed by atoms with Gasteiger partial charge in [0.25, 0.3) is 0 Å². The highest BCUT2D eigenvalue weighted by molar-refractivity contribution is 6.03. The summed E-state index contributed by atoms with van der Waals surface area (Å²) < 4.78 is 5.28. The molecule has 1 N–H and O–H groups in total. The van der Waals surface area contributed by atoms with Gasteiger partial charge in [0.2, 0.25) is 0 Å². The van der Waals surface area contributed by atoms with Crippen molar-refractivity contribution in [2.75, 3.05) is 6.61 Å². The SMILES string of the molecule is CCOC(=O)C1=C(C)NC2=C(C(=O)CC(C)(C)C2)C1C1=CC=CC1. The highest BCUT2D eigenvalue weighted by Gasteiger charge is 2.43. The number of Topliss-reactive ketones (excluding diaryl/α,β-unsaturated/α-hetero) is 1. The molecule has 24 heavy (non-hydrogen) atoms. The Hall–Kier alpha value is -2.10. The summed E-state index contributed by atoms with van der Waals surface area (Å²) in [6.07, 6.45) is 8.19. The fourth-order valence-corrected chi connectivity index (χ4v) is 3.96. The van der Waals surface area contributed by atoms with Crippen LogP contribution in [0.1, 0.15) is 47.0 Å². The van der Waals surface area contributed by atoms with E-state index < -0.39 is 0 Å². The predicted molar refractivity (Wildman–Crippen MR) is 92.8 cm³/mol. The molecule has 0 aromatic rings. The molecule has 0 aromatic heterocycles. The van der Waals surface area contributed by atoms with Crippen LogP contribution < -0.4 is 5.32 Å². The summed E-state index contributed by atoms with van der Waals surface area (Å²) in [7, 11) is 0. The highest BCUT2D eigenvalue weighted by atomic mass is 16.5. The molecule has 3 rings (SSSR count). The first kappa shape index (κ1) is 16.7. The molecule has 1 atom stereocenters. The van der Waals surface area contributed by atoms with Crippen molar-refractivity contribution in [3.63, 3.8) is 0 Å². The van der Waals surface area contributed by atoms with E-state index in [0.29, 0.717) is 18.6 Å². The summed E-state index contributed by atoms with van der Waals surface area (Å²) in [5, 5.41) is 3.34. The third kappa shape index (κ3) is 2.85. The van der Waals surface area contributed by atoms with Crippen molar-refractivity contribution in [3.05, 3.63) is 46.3 Å². The molecule has 0 bridgehead atoms. The third-order valence-corrected chi connectivity index (χ3v) is 4.91. The van der Waals surface area contributed by atoms with E-state index in [1.54, 1.807) is 6.92 Å². The lowest BCUT2D eigenvalue weighted by Gasteiger charge is -2.39. The van der Waals surface area contributed by atoms with E-state index in [-0.39, 0.29) is 23.1 Å². The molecule has 3 aliphatic rings. The second-order valence-electron chi connectivity index (χ2n) is 7.52. The molecular weight excluding hydrogens is 302 g/mol. The van der Waals surface area contributed by atoms with E-state index in [1.807, 2.05) is 19.1 Å². The Kier molecular flexibility index (Phi) is 4.24. The summed E-state index contributed by atoms with van der Waals surface area (Å²) in [6.45, 7) is 8.25. The monoisotopic (exact) mass is 327 g/mol. The number of allylic oxidation sites excluding steroid dienone is 7. The van der Waals surface area contributed by atoms with E-state index in [0.717, 1.165) is 35.4 Å². The van der Waals surface area contributed by atoms with Crippen LogP contribution >= 0.6 is 0 Å². The van der Waals surface area contributed by atoms with Crippen molar-refractivity contribution in [2.45, 2.75) is 47.0 Å². The second-order valence-corrected chi connectivity index (χ2v) is 7.52. The Morgan fingerprint density at radius 3 is 2.75 bits per heavy atom. The fraction of sp³-hybridized carbons (Fsp3) is 0.500. The quantitative estimate of drug-likeness (QED) is 0.805. The zero-order chi connectivity index (χ0) is 17.5. The Morgan fingerprint density at radius 2 is 2.12 bits per heavy atom. The normalized spacial score (nSPS) is 25.4. The molecule has 1 heterocycles. The lowest BCUT2D eigenvalue weighted by Crippen LogP contribution is -2.40. The van der Waals surface area contributed by atoms with Gasteiger partial charge in [-0.15, -0.1) is 0 Å². The number of hydrogen-bond donors (Lipinski definition) is 1. The smallest absolute Gasteiger partial charge is 0.336 e. The van der Waals surface area contributed by atoms with Crippen LogP contribution in [0.5, 0.6) is 0 Å². The molecule has 4 heteroatoms. The Bertz CT molecular complexity index is 719. The van der Waals surface area contributed by atoms with Gasteiger partial charge >= 0.3 is 5.97 Å². The summed E-state index contributed by atoms with van der Waals surface area (Å²) in [5.74, 6) is -0.468. The number of carbonyl (C=O) groups is 2. The van der Waals surface area contributed by atoms with Crippen molar-refractivity contribution in [1.82, 2.24) is 5.32 Å². The second kappa shape index (κ2) is 6.08. The van der Waals surface area contributed by atoms with Crippen LogP contribution in [-0.4, -0.2) is 18.4 Å². The lowest BCUT2D eigenvalue weighted by molar-refractivity contribution is -0.139. The van der Waals surface area contributed by atoms with Gasteiger partial charge < -0.3 is 10.1 Å². The van der Waals surface area contributed by atoms with Crippen molar-refractivity contribution < 1.29 is 14.3 Å². The number of hydrogen-bond acceptors (Lipinski definition) is 4. The number of carbonyl (C=O) groups excluding carboxylic acids is 2. The maximum Gasteiger partial charge on any atom is 0.336 e. The molecule has 0 saturated carbocycles. The average Bonchev–Trinajstić information content (AvgIpc) is 2.98. The average molecular weight is 327 g/mol. The maximum absolute atomic E-state index is 12.9. The van der Waals surface area contributed by atoms with Crippen molar-refractivity contribution in [3.8, 4) is 0 Å². The van der Waals surface area contributed by atoms with Gasteiger partial charge in [0.1, 0.15) is 0 Å². The van der Waals surface area contributed by atoms with Crippen LogP contribution in [0, 0.1) is 11.3 Å². The minimum absolute atomic E-state index is 0.0581. The predicted octanol–water partition coefficient (Wildman–Crippen LogP) is 3.57. The zero-order valence-electron chi connectivity index (χ0n) is 14.9. The molecule has 128 valence electrons. The molecule has 0 radical (unpaired) electrons. The van der Waals surface area contributed by atoms with E-state index in [1.165, 1.54) is 0 Å².